The van der Waals surface area contributed by atoms with Crippen LogP contribution in [0.25, 0.3) is 0 Å². The number of rotatable bonds is 4. The van der Waals surface area contributed by atoms with Gasteiger partial charge in [0.15, 0.2) is 0 Å². The summed E-state index contributed by atoms with van der Waals surface area (Å²) in [5, 5.41) is 13.3. The van der Waals surface area contributed by atoms with E-state index in [1.165, 1.54) is 5.56 Å². The number of piperazine rings is 1. The van der Waals surface area contributed by atoms with Gasteiger partial charge in [0.2, 0.25) is 0 Å². The molecule has 1 heterocycles. The highest BCUT2D eigenvalue weighted by Crippen LogP contribution is 2.31. The van der Waals surface area contributed by atoms with Gasteiger partial charge in [0, 0.05) is 32.2 Å². The van der Waals surface area contributed by atoms with Crippen LogP contribution in [0.1, 0.15) is 29.2 Å². The fourth-order valence-electron chi connectivity index (χ4n) is 2.83. The van der Waals surface area contributed by atoms with E-state index in [0.29, 0.717) is 11.8 Å². The summed E-state index contributed by atoms with van der Waals surface area (Å²) < 4.78 is 0. The van der Waals surface area contributed by atoms with Crippen molar-refractivity contribution in [2.75, 3.05) is 26.2 Å². The van der Waals surface area contributed by atoms with Gasteiger partial charge in [-0.05, 0) is 37.0 Å². The molecule has 5 heteroatoms. The molecule has 0 bridgehead atoms. The minimum atomic E-state index is 0. The molecule has 21 heavy (non-hydrogen) atoms. The topological polar surface area (TPSA) is 35.5 Å². The lowest BCUT2D eigenvalue weighted by molar-refractivity contribution is 0.174. The maximum atomic E-state index is 9.91. The van der Waals surface area contributed by atoms with E-state index in [4.69, 9.17) is 0 Å². The van der Waals surface area contributed by atoms with Gasteiger partial charge in [-0.1, -0.05) is 18.2 Å². The monoisotopic (exact) mass is 332 g/mol. The Morgan fingerprint density at radius 3 is 2.24 bits per heavy atom. The maximum Gasteiger partial charge on any atom is 0.121 e. The summed E-state index contributed by atoms with van der Waals surface area (Å²) in [6, 6.07) is 4.59. The number of halogens is 2. The fourth-order valence-corrected chi connectivity index (χ4v) is 2.83. The molecule has 120 valence electrons. The van der Waals surface area contributed by atoms with E-state index >= 15 is 0 Å². The Morgan fingerprint density at radius 1 is 1.24 bits per heavy atom. The van der Waals surface area contributed by atoms with Crippen LogP contribution in [0.3, 0.4) is 0 Å². The van der Waals surface area contributed by atoms with Gasteiger partial charge in [-0.3, -0.25) is 4.90 Å². The normalized spacial score (nSPS) is 16.5. The molecule has 0 aromatic heterocycles. The SMILES string of the molecule is C=CC[C@@H](c1cc(C)c(O)c(C)c1)N1CCNCC1.Cl.Cl. The van der Waals surface area contributed by atoms with Crippen molar-refractivity contribution in [3.8, 4) is 5.75 Å². The van der Waals surface area contributed by atoms with E-state index in [1.54, 1.807) is 0 Å². The third-order valence-corrected chi connectivity index (χ3v) is 3.88. The zero-order valence-corrected chi connectivity index (χ0v) is 14.4. The molecule has 1 saturated heterocycles. The third-order valence-electron chi connectivity index (χ3n) is 3.88. The van der Waals surface area contributed by atoms with Crippen molar-refractivity contribution in [3.63, 3.8) is 0 Å². The van der Waals surface area contributed by atoms with Crippen molar-refractivity contribution in [1.29, 1.82) is 0 Å². The van der Waals surface area contributed by atoms with Gasteiger partial charge >= 0.3 is 0 Å². The Morgan fingerprint density at radius 2 is 1.76 bits per heavy atom. The van der Waals surface area contributed by atoms with Gasteiger partial charge in [0.25, 0.3) is 0 Å². The Kier molecular flexibility index (Phi) is 8.98. The van der Waals surface area contributed by atoms with Crippen LogP contribution in [0, 0.1) is 13.8 Å². The molecule has 0 aliphatic carbocycles. The van der Waals surface area contributed by atoms with Crippen molar-refractivity contribution in [1.82, 2.24) is 10.2 Å². The summed E-state index contributed by atoms with van der Waals surface area (Å²) in [5.74, 6) is 0.418. The number of aryl methyl sites for hydroxylation is 2. The molecule has 0 saturated carbocycles. The zero-order valence-electron chi connectivity index (χ0n) is 12.8. The summed E-state index contributed by atoms with van der Waals surface area (Å²) in [5.41, 5.74) is 3.20. The summed E-state index contributed by atoms with van der Waals surface area (Å²) in [6.45, 7) is 12.0. The molecule has 0 radical (unpaired) electrons. The van der Waals surface area contributed by atoms with E-state index in [1.807, 2.05) is 19.9 Å². The van der Waals surface area contributed by atoms with E-state index in [9.17, 15) is 5.11 Å². The number of aromatic hydroxyl groups is 1. The summed E-state index contributed by atoms with van der Waals surface area (Å²) in [7, 11) is 0. The molecular formula is C16H26Cl2N2O. The van der Waals surface area contributed by atoms with Gasteiger partial charge in [-0.25, -0.2) is 0 Å². The molecule has 3 nitrogen and oxygen atoms in total. The third kappa shape index (κ3) is 4.89. The quantitative estimate of drug-likeness (QED) is 0.830. The molecule has 1 atom stereocenters. The molecule has 1 fully saturated rings. The zero-order chi connectivity index (χ0) is 13.8. The molecule has 0 spiro atoms. The van der Waals surface area contributed by atoms with Gasteiger partial charge in [-0.15, -0.1) is 31.4 Å². The molecule has 0 amide bonds. The number of phenols is 1. The van der Waals surface area contributed by atoms with Crippen molar-refractivity contribution >= 4 is 24.8 Å². The van der Waals surface area contributed by atoms with Gasteiger partial charge in [0.05, 0.1) is 0 Å². The number of phenolic OH excluding ortho intramolecular Hbond substituents is 1. The van der Waals surface area contributed by atoms with Crippen LogP contribution in [0.4, 0.5) is 0 Å². The second-order valence-corrected chi connectivity index (χ2v) is 5.33. The van der Waals surface area contributed by atoms with Crippen LogP contribution in [0.2, 0.25) is 0 Å². The summed E-state index contributed by atoms with van der Waals surface area (Å²) in [4.78, 5) is 2.50. The van der Waals surface area contributed by atoms with Gasteiger partial charge in [-0.2, -0.15) is 0 Å². The molecule has 1 aliphatic heterocycles. The van der Waals surface area contributed by atoms with E-state index in [2.05, 4.69) is 28.9 Å². The second-order valence-electron chi connectivity index (χ2n) is 5.33. The lowest BCUT2D eigenvalue weighted by Crippen LogP contribution is -2.45. The van der Waals surface area contributed by atoms with E-state index < -0.39 is 0 Å². The Balaban J connectivity index is 0.00000200. The standard InChI is InChI=1S/C16H24N2O.2ClH/c1-4-5-15(18-8-6-17-7-9-18)14-10-12(2)16(19)13(3)11-14;;/h4,10-11,15,17,19H,1,5-9H2,2-3H3;2*1H/t15-;;/m0../s1. The first kappa shape index (κ1) is 20.3. The average Bonchev–Trinajstić information content (AvgIpc) is 2.42. The predicted octanol–water partition coefficient (Wildman–Crippen LogP) is 3.38. The number of nitrogens with zero attached hydrogens (tertiary/aromatic N) is 1. The van der Waals surface area contributed by atoms with Crippen LogP contribution in [0.15, 0.2) is 24.8 Å². The first-order chi connectivity index (χ1) is 9.13. The van der Waals surface area contributed by atoms with Crippen molar-refractivity contribution < 1.29 is 5.11 Å². The van der Waals surface area contributed by atoms with Crippen molar-refractivity contribution in [2.24, 2.45) is 0 Å². The number of hydrogen-bond acceptors (Lipinski definition) is 3. The van der Waals surface area contributed by atoms with Gasteiger partial charge < -0.3 is 10.4 Å². The molecule has 1 aliphatic rings. The fraction of sp³-hybridized carbons (Fsp3) is 0.500. The highest BCUT2D eigenvalue weighted by molar-refractivity contribution is 5.85. The largest absolute Gasteiger partial charge is 0.507 e. The average molecular weight is 333 g/mol. The highest BCUT2D eigenvalue weighted by Gasteiger charge is 2.22. The number of benzene rings is 1. The van der Waals surface area contributed by atoms with E-state index in [0.717, 1.165) is 43.7 Å². The minimum absolute atomic E-state index is 0. The maximum absolute atomic E-state index is 9.91. The molecule has 1 aromatic rings. The van der Waals surface area contributed by atoms with Crippen molar-refractivity contribution in [2.45, 2.75) is 26.3 Å². The number of hydrogen-bond donors (Lipinski definition) is 2. The van der Waals surface area contributed by atoms with E-state index in [-0.39, 0.29) is 24.8 Å². The smallest absolute Gasteiger partial charge is 0.121 e. The molecule has 2 rings (SSSR count). The summed E-state index contributed by atoms with van der Waals surface area (Å²) in [6.07, 6.45) is 2.94. The van der Waals surface area contributed by atoms with Crippen LogP contribution >= 0.6 is 24.8 Å². The lowest BCUT2D eigenvalue weighted by atomic mass is 9.96. The van der Waals surface area contributed by atoms with Crippen LogP contribution in [-0.4, -0.2) is 36.2 Å². The minimum Gasteiger partial charge on any atom is -0.507 e. The molecule has 1 aromatic carbocycles. The van der Waals surface area contributed by atoms with Crippen LogP contribution in [0.5, 0.6) is 5.75 Å². The van der Waals surface area contributed by atoms with Crippen LogP contribution in [-0.2, 0) is 0 Å². The molecule has 2 N–H and O–H groups in total. The summed E-state index contributed by atoms with van der Waals surface area (Å²) >= 11 is 0. The molecular weight excluding hydrogens is 307 g/mol. The Hall–Kier alpha value is -0.740. The first-order valence-electron chi connectivity index (χ1n) is 6.99. The lowest BCUT2D eigenvalue weighted by Gasteiger charge is -2.35. The Labute approximate surface area is 140 Å². The Bertz CT molecular complexity index is 437. The number of nitrogens with one attached hydrogen (secondary N) is 1. The van der Waals surface area contributed by atoms with Crippen LogP contribution < -0.4 is 5.32 Å². The first-order valence-corrected chi connectivity index (χ1v) is 6.99. The second kappa shape index (κ2) is 9.31. The van der Waals surface area contributed by atoms with Crippen molar-refractivity contribution in [3.05, 3.63) is 41.5 Å². The molecule has 0 unspecified atom stereocenters. The highest BCUT2D eigenvalue weighted by atomic mass is 35.5. The predicted molar refractivity (Wildman–Crippen MR) is 94.1 cm³/mol. The van der Waals surface area contributed by atoms with Gasteiger partial charge in [0.1, 0.15) is 5.75 Å².